The molecule has 0 amide bonds. The first kappa shape index (κ1) is 15.6. The third-order valence-corrected chi connectivity index (χ3v) is 6.11. The molecule has 1 N–H and O–H groups in total. The normalized spacial score (nSPS) is 23.4. The summed E-state index contributed by atoms with van der Waals surface area (Å²) >= 11 is 3.53. The summed E-state index contributed by atoms with van der Waals surface area (Å²) in [6, 6.07) is 14.7. The maximum Gasteiger partial charge on any atom is 0.137 e. The molecule has 2 aliphatic rings. The van der Waals surface area contributed by atoms with E-state index in [4.69, 9.17) is 4.98 Å². The molecular weight excluding hydrogens is 376 g/mol. The molecule has 2 saturated heterocycles. The second-order valence-electron chi connectivity index (χ2n) is 7.22. The predicted molar refractivity (Wildman–Crippen MR) is 103 cm³/mol. The number of halogens is 1. The molecule has 0 saturated carbocycles. The van der Waals surface area contributed by atoms with Gasteiger partial charge in [0.2, 0.25) is 0 Å². The van der Waals surface area contributed by atoms with E-state index < -0.39 is 0 Å². The van der Waals surface area contributed by atoms with Crippen LogP contribution in [-0.4, -0.2) is 40.5 Å². The van der Waals surface area contributed by atoms with Gasteiger partial charge in [0.25, 0.3) is 0 Å². The van der Waals surface area contributed by atoms with Crippen LogP contribution in [0.2, 0.25) is 0 Å². The van der Waals surface area contributed by atoms with Crippen LogP contribution in [0.1, 0.15) is 5.69 Å². The van der Waals surface area contributed by atoms with Crippen molar-refractivity contribution in [3.05, 3.63) is 58.8 Å². The summed E-state index contributed by atoms with van der Waals surface area (Å²) in [4.78, 5) is 7.54. The zero-order chi connectivity index (χ0) is 16.8. The lowest BCUT2D eigenvalue weighted by molar-refractivity contribution is 0.301. The van der Waals surface area contributed by atoms with E-state index in [2.05, 4.69) is 79.2 Å². The summed E-state index contributed by atoms with van der Waals surface area (Å²) in [6.45, 7) is 5.69. The average Bonchev–Trinajstić information content (AvgIpc) is 3.30. The number of rotatable bonds is 3. The van der Waals surface area contributed by atoms with Gasteiger partial charge < -0.3 is 9.72 Å². The predicted octanol–water partition coefficient (Wildman–Crippen LogP) is 3.42. The number of imidazole rings is 1. The minimum absolute atomic E-state index is 0.815. The van der Waals surface area contributed by atoms with Crippen LogP contribution in [-0.2, 0) is 6.54 Å². The van der Waals surface area contributed by atoms with Crippen LogP contribution in [0, 0.1) is 11.8 Å². The van der Waals surface area contributed by atoms with E-state index in [1.807, 2.05) is 0 Å². The number of fused-ring (bicyclic) bond motifs is 2. The van der Waals surface area contributed by atoms with Gasteiger partial charge in [0.05, 0.1) is 11.4 Å². The fraction of sp³-hybridized carbons (Fsp3) is 0.350. The van der Waals surface area contributed by atoms with Gasteiger partial charge in [-0.1, -0.05) is 34.1 Å². The number of hydrogen-bond acceptors (Lipinski definition) is 3. The van der Waals surface area contributed by atoms with Gasteiger partial charge in [0.15, 0.2) is 0 Å². The maximum absolute atomic E-state index is 4.94. The third-order valence-electron chi connectivity index (χ3n) is 5.59. The molecule has 5 heteroatoms. The maximum atomic E-state index is 4.94. The van der Waals surface area contributed by atoms with Crippen LogP contribution in [0.15, 0.2) is 53.1 Å². The number of aromatic nitrogens is 2. The van der Waals surface area contributed by atoms with Crippen LogP contribution >= 0.6 is 15.9 Å². The Labute approximate surface area is 156 Å². The van der Waals surface area contributed by atoms with Gasteiger partial charge in [-0.15, -0.1) is 0 Å². The smallest absolute Gasteiger partial charge is 0.137 e. The van der Waals surface area contributed by atoms with Crippen molar-refractivity contribution in [1.29, 1.82) is 0 Å². The van der Waals surface area contributed by atoms with Crippen LogP contribution in [0.3, 0.4) is 0 Å². The first-order chi connectivity index (χ1) is 12.3. The second kappa shape index (κ2) is 6.24. The fourth-order valence-electron chi connectivity index (χ4n) is 4.33. The molecule has 0 radical (unpaired) electrons. The van der Waals surface area contributed by atoms with Crippen molar-refractivity contribution in [3.63, 3.8) is 0 Å². The zero-order valence-electron chi connectivity index (χ0n) is 14.0. The summed E-state index contributed by atoms with van der Waals surface area (Å²) in [5.41, 5.74) is 4.61. The molecule has 2 aromatic heterocycles. The van der Waals surface area contributed by atoms with Crippen molar-refractivity contribution >= 4 is 21.6 Å². The van der Waals surface area contributed by atoms with Crippen LogP contribution < -0.4 is 5.32 Å². The molecule has 0 bridgehead atoms. The summed E-state index contributed by atoms with van der Waals surface area (Å²) in [5, 5.41) is 3.53. The number of pyridine rings is 1. The molecule has 2 unspecified atom stereocenters. The summed E-state index contributed by atoms with van der Waals surface area (Å²) in [6.07, 6.45) is 2.14. The van der Waals surface area contributed by atoms with Gasteiger partial charge >= 0.3 is 0 Å². The highest BCUT2D eigenvalue weighted by Crippen LogP contribution is 2.31. The molecule has 2 atom stereocenters. The van der Waals surface area contributed by atoms with Crippen molar-refractivity contribution in [2.24, 2.45) is 11.8 Å². The van der Waals surface area contributed by atoms with Gasteiger partial charge in [0, 0.05) is 35.9 Å². The molecule has 2 fully saturated rings. The van der Waals surface area contributed by atoms with Gasteiger partial charge in [-0.2, -0.15) is 0 Å². The van der Waals surface area contributed by atoms with E-state index in [1.165, 1.54) is 37.4 Å². The standard InChI is InChI=1S/C20H21BrN4/c21-17-6-4-14(5-7-17)20-18(25-8-2-1-3-19(25)23-20)13-24-11-15-9-22-10-16(15)12-24/h1-8,15-16,22H,9-13H2. The van der Waals surface area contributed by atoms with E-state index in [1.54, 1.807) is 0 Å². The van der Waals surface area contributed by atoms with Crippen molar-refractivity contribution in [2.45, 2.75) is 6.54 Å². The van der Waals surface area contributed by atoms with E-state index >= 15 is 0 Å². The lowest BCUT2D eigenvalue weighted by Crippen LogP contribution is -2.26. The molecule has 1 aromatic carbocycles. The van der Waals surface area contributed by atoms with Gasteiger partial charge in [-0.3, -0.25) is 4.90 Å². The van der Waals surface area contributed by atoms with E-state index in [9.17, 15) is 0 Å². The van der Waals surface area contributed by atoms with E-state index in [0.29, 0.717) is 0 Å². The van der Waals surface area contributed by atoms with Gasteiger partial charge in [-0.25, -0.2) is 4.98 Å². The molecule has 25 heavy (non-hydrogen) atoms. The van der Waals surface area contributed by atoms with Crippen LogP contribution in [0.4, 0.5) is 0 Å². The number of nitrogens with zero attached hydrogens (tertiary/aromatic N) is 3. The summed E-state index contributed by atoms with van der Waals surface area (Å²) in [5.74, 6) is 1.63. The first-order valence-corrected chi connectivity index (χ1v) is 9.72. The van der Waals surface area contributed by atoms with E-state index in [0.717, 1.165) is 34.2 Å². The Morgan fingerprint density at radius 2 is 1.80 bits per heavy atom. The summed E-state index contributed by atoms with van der Waals surface area (Å²) < 4.78 is 3.35. The first-order valence-electron chi connectivity index (χ1n) is 8.93. The molecular formula is C20H21BrN4. The molecule has 3 aromatic rings. The molecule has 128 valence electrons. The van der Waals surface area contributed by atoms with Crippen molar-refractivity contribution in [1.82, 2.24) is 19.6 Å². The molecule has 4 heterocycles. The minimum Gasteiger partial charge on any atom is -0.316 e. The molecule has 5 rings (SSSR count). The Hall–Kier alpha value is -1.69. The van der Waals surface area contributed by atoms with Crippen molar-refractivity contribution in [3.8, 4) is 11.3 Å². The highest BCUT2D eigenvalue weighted by atomic mass is 79.9. The monoisotopic (exact) mass is 396 g/mol. The summed E-state index contributed by atoms with van der Waals surface area (Å²) in [7, 11) is 0. The van der Waals surface area contributed by atoms with Crippen molar-refractivity contribution in [2.75, 3.05) is 26.2 Å². The molecule has 0 spiro atoms. The second-order valence-corrected chi connectivity index (χ2v) is 8.13. The SMILES string of the molecule is Brc1ccc(-c2nc3ccccn3c2CN2CC3CNCC3C2)cc1. The number of benzene rings is 1. The number of hydrogen-bond donors (Lipinski definition) is 1. The Kier molecular flexibility index (Phi) is 3.88. The number of nitrogens with one attached hydrogen (secondary N) is 1. The van der Waals surface area contributed by atoms with Gasteiger partial charge in [-0.05, 0) is 49.2 Å². The Morgan fingerprint density at radius 3 is 2.56 bits per heavy atom. The fourth-order valence-corrected chi connectivity index (χ4v) is 4.59. The van der Waals surface area contributed by atoms with Crippen molar-refractivity contribution < 1.29 is 0 Å². The highest BCUT2D eigenvalue weighted by molar-refractivity contribution is 9.10. The minimum atomic E-state index is 0.815. The Bertz CT molecular complexity index is 890. The van der Waals surface area contributed by atoms with Gasteiger partial charge in [0.1, 0.15) is 5.65 Å². The lowest BCUT2D eigenvalue weighted by atomic mass is 10.0. The molecule has 4 nitrogen and oxygen atoms in total. The highest BCUT2D eigenvalue weighted by Gasteiger charge is 2.36. The third kappa shape index (κ3) is 2.80. The zero-order valence-corrected chi connectivity index (χ0v) is 15.6. The molecule has 2 aliphatic heterocycles. The van der Waals surface area contributed by atoms with E-state index in [-0.39, 0.29) is 0 Å². The number of likely N-dealkylation sites (tertiary alicyclic amines) is 1. The largest absolute Gasteiger partial charge is 0.316 e. The van der Waals surface area contributed by atoms with Crippen LogP contribution in [0.5, 0.6) is 0 Å². The average molecular weight is 397 g/mol. The topological polar surface area (TPSA) is 32.6 Å². The van der Waals surface area contributed by atoms with Crippen LogP contribution in [0.25, 0.3) is 16.9 Å². The Morgan fingerprint density at radius 1 is 1.04 bits per heavy atom. The lowest BCUT2D eigenvalue weighted by Gasteiger charge is -2.17. The molecule has 0 aliphatic carbocycles. The Balaban J connectivity index is 1.54. The quantitative estimate of drug-likeness (QED) is 0.735.